The van der Waals surface area contributed by atoms with E-state index in [0.29, 0.717) is 10.0 Å². The number of carbonyl (C=O) groups is 1. The molecule has 118 valence electrons. The van der Waals surface area contributed by atoms with Gasteiger partial charge in [-0.05, 0) is 50.1 Å². The van der Waals surface area contributed by atoms with Gasteiger partial charge >= 0.3 is 0 Å². The molecule has 0 fully saturated rings. The summed E-state index contributed by atoms with van der Waals surface area (Å²) in [6.45, 7) is 0. The van der Waals surface area contributed by atoms with Gasteiger partial charge in [-0.15, -0.1) is 22.7 Å². The molecule has 0 aliphatic rings. The van der Waals surface area contributed by atoms with E-state index in [1.54, 1.807) is 13.2 Å². The van der Waals surface area contributed by atoms with Crippen molar-refractivity contribution in [2.24, 2.45) is 0 Å². The molecule has 0 aliphatic heterocycles. The first-order chi connectivity index (χ1) is 11.1. The van der Waals surface area contributed by atoms with Gasteiger partial charge in [0, 0.05) is 15.4 Å². The van der Waals surface area contributed by atoms with Crippen LogP contribution in [-0.4, -0.2) is 18.0 Å². The Balaban J connectivity index is 1.77. The Hall–Kier alpha value is -1.22. The fourth-order valence-electron chi connectivity index (χ4n) is 1.86. The minimum absolute atomic E-state index is 0.173. The van der Waals surface area contributed by atoms with Gasteiger partial charge in [-0.3, -0.25) is 10.1 Å². The molecule has 0 atom stereocenters. The van der Waals surface area contributed by atoms with E-state index < -0.39 is 0 Å². The highest BCUT2D eigenvalue weighted by Gasteiger charge is 2.14. The maximum Gasteiger partial charge on any atom is 0.267 e. The molecule has 0 radical (unpaired) electrons. The molecule has 1 aromatic carbocycles. The molecular formula is C15H10Br2N2O2S2. The second-order valence-corrected chi connectivity index (χ2v) is 8.54. The number of anilines is 1. The summed E-state index contributed by atoms with van der Waals surface area (Å²) in [6.07, 6.45) is 0. The second-order valence-electron chi connectivity index (χ2n) is 4.46. The molecule has 2 heterocycles. The normalized spacial score (nSPS) is 10.6. The van der Waals surface area contributed by atoms with Crippen LogP contribution in [0.3, 0.4) is 0 Å². The number of rotatable bonds is 4. The molecule has 1 amide bonds. The maximum absolute atomic E-state index is 12.2. The molecule has 1 N–H and O–H groups in total. The summed E-state index contributed by atoms with van der Waals surface area (Å²) < 4.78 is 6.97. The van der Waals surface area contributed by atoms with Crippen molar-refractivity contribution in [1.82, 2.24) is 4.98 Å². The number of aromatic nitrogens is 1. The Morgan fingerprint density at radius 1 is 1.30 bits per heavy atom. The van der Waals surface area contributed by atoms with Crippen LogP contribution in [0.1, 0.15) is 9.67 Å². The highest BCUT2D eigenvalue weighted by molar-refractivity contribution is 9.13. The zero-order valence-electron chi connectivity index (χ0n) is 11.8. The number of benzene rings is 1. The average Bonchev–Trinajstić information content (AvgIpc) is 3.15. The van der Waals surface area contributed by atoms with E-state index in [-0.39, 0.29) is 5.91 Å². The standard InChI is InChI=1S/C15H10Br2N2O2S2/c1-21-9-4-2-3-8(5-9)11-7-22-15(18-11)19-14(20)12-6-10(16)13(17)23-12/h2-7H,1H3,(H,18,19,20). The molecule has 3 aromatic rings. The highest BCUT2D eigenvalue weighted by atomic mass is 79.9. The quantitative estimate of drug-likeness (QED) is 0.532. The molecule has 23 heavy (non-hydrogen) atoms. The SMILES string of the molecule is COc1cccc(-c2csc(NC(=O)c3cc(Br)c(Br)s3)n2)c1. The summed E-state index contributed by atoms with van der Waals surface area (Å²) in [5.74, 6) is 0.599. The summed E-state index contributed by atoms with van der Waals surface area (Å²) in [5, 5.41) is 5.29. The monoisotopic (exact) mass is 472 g/mol. The summed E-state index contributed by atoms with van der Waals surface area (Å²) in [7, 11) is 1.63. The number of methoxy groups -OCH3 is 1. The lowest BCUT2D eigenvalue weighted by molar-refractivity contribution is 0.103. The van der Waals surface area contributed by atoms with Crippen molar-refractivity contribution in [2.75, 3.05) is 12.4 Å². The van der Waals surface area contributed by atoms with Gasteiger partial charge in [-0.25, -0.2) is 4.98 Å². The first-order valence-corrected chi connectivity index (χ1v) is 9.71. The Morgan fingerprint density at radius 2 is 2.13 bits per heavy atom. The number of nitrogens with zero attached hydrogens (tertiary/aromatic N) is 1. The van der Waals surface area contributed by atoms with Crippen molar-refractivity contribution in [2.45, 2.75) is 0 Å². The number of nitrogens with one attached hydrogen (secondary N) is 1. The number of halogens is 2. The van der Waals surface area contributed by atoms with Crippen LogP contribution < -0.4 is 10.1 Å². The van der Waals surface area contributed by atoms with E-state index in [0.717, 1.165) is 25.3 Å². The zero-order chi connectivity index (χ0) is 16.4. The number of ether oxygens (including phenoxy) is 1. The fourth-order valence-corrected chi connectivity index (χ4v) is 4.51. The van der Waals surface area contributed by atoms with E-state index in [9.17, 15) is 4.79 Å². The zero-order valence-corrected chi connectivity index (χ0v) is 16.6. The van der Waals surface area contributed by atoms with Gasteiger partial charge in [0.1, 0.15) is 5.75 Å². The molecule has 0 unspecified atom stereocenters. The van der Waals surface area contributed by atoms with Crippen LogP contribution in [-0.2, 0) is 0 Å². The molecule has 0 aliphatic carbocycles. The summed E-state index contributed by atoms with van der Waals surface area (Å²) >= 11 is 9.52. The highest BCUT2D eigenvalue weighted by Crippen LogP contribution is 2.33. The Morgan fingerprint density at radius 3 is 2.83 bits per heavy atom. The van der Waals surface area contributed by atoms with Crippen LogP contribution in [0.15, 0.2) is 44.0 Å². The fraction of sp³-hybridized carbons (Fsp3) is 0.0667. The van der Waals surface area contributed by atoms with Gasteiger partial charge in [-0.2, -0.15) is 0 Å². The molecule has 8 heteroatoms. The van der Waals surface area contributed by atoms with Crippen LogP contribution in [0, 0.1) is 0 Å². The summed E-state index contributed by atoms with van der Waals surface area (Å²) in [6, 6.07) is 9.43. The first-order valence-electron chi connectivity index (χ1n) is 6.43. The van der Waals surface area contributed by atoms with Crippen LogP contribution >= 0.6 is 54.5 Å². The Bertz CT molecular complexity index is 841. The minimum Gasteiger partial charge on any atom is -0.497 e. The van der Waals surface area contributed by atoms with Crippen molar-refractivity contribution in [3.8, 4) is 17.0 Å². The van der Waals surface area contributed by atoms with E-state index in [4.69, 9.17) is 4.74 Å². The van der Waals surface area contributed by atoms with Crippen LogP contribution in [0.25, 0.3) is 11.3 Å². The molecule has 0 bridgehead atoms. The Labute approximate surface area is 157 Å². The van der Waals surface area contributed by atoms with Crippen molar-refractivity contribution >= 4 is 65.6 Å². The van der Waals surface area contributed by atoms with Gasteiger partial charge in [0.05, 0.1) is 21.5 Å². The topological polar surface area (TPSA) is 51.2 Å². The third kappa shape index (κ3) is 3.82. The molecule has 2 aromatic heterocycles. The van der Waals surface area contributed by atoms with Crippen LogP contribution in [0.5, 0.6) is 5.75 Å². The summed E-state index contributed by atoms with van der Waals surface area (Å²) in [5.41, 5.74) is 1.75. The van der Waals surface area contributed by atoms with Crippen molar-refractivity contribution in [1.29, 1.82) is 0 Å². The van der Waals surface area contributed by atoms with Crippen molar-refractivity contribution in [3.63, 3.8) is 0 Å². The predicted molar refractivity (Wildman–Crippen MR) is 102 cm³/mol. The van der Waals surface area contributed by atoms with E-state index >= 15 is 0 Å². The minimum atomic E-state index is -0.173. The average molecular weight is 474 g/mol. The largest absolute Gasteiger partial charge is 0.497 e. The van der Waals surface area contributed by atoms with E-state index in [2.05, 4.69) is 42.2 Å². The molecule has 3 rings (SSSR count). The van der Waals surface area contributed by atoms with Crippen LogP contribution in [0.2, 0.25) is 0 Å². The maximum atomic E-state index is 12.2. The van der Waals surface area contributed by atoms with E-state index in [1.165, 1.54) is 22.7 Å². The van der Waals surface area contributed by atoms with Crippen LogP contribution in [0.4, 0.5) is 5.13 Å². The number of hydrogen-bond donors (Lipinski definition) is 1. The second kappa shape index (κ2) is 7.12. The number of thiophene rings is 1. The van der Waals surface area contributed by atoms with Crippen molar-refractivity contribution in [3.05, 3.63) is 48.8 Å². The number of hydrogen-bond acceptors (Lipinski definition) is 5. The predicted octanol–water partition coefficient (Wildman–Crippen LogP) is 5.66. The smallest absolute Gasteiger partial charge is 0.267 e. The van der Waals surface area contributed by atoms with E-state index in [1.807, 2.05) is 29.6 Å². The lowest BCUT2D eigenvalue weighted by atomic mass is 10.2. The molecule has 0 spiro atoms. The lowest BCUT2D eigenvalue weighted by Crippen LogP contribution is -2.09. The molecular weight excluding hydrogens is 464 g/mol. The lowest BCUT2D eigenvalue weighted by Gasteiger charge is -2.01. The third-order valence-corrected chi connectivity index (χ3v) is 6.97. The van der Waals surface area contributed by atoms with Gasteiger partial charge in [0.15, 0.2) is 5.13 Å². The number of amides is 1. The molecule has 0 saturated carbocycles. The van der Waals surface area contributed by atoms with Gasteiger partial charge in [-0.1, -0.05) is 12.1 Å². The first kappa shape index (κ1) is 16.6. The van der Waals surface area contributed by atoms with Gasteiger partial charge in [0.2, 0.25) is 0 Å². The third-order valence-electron chi connectivity index (χ3n) is 2.96. The van der Waals surface area contributed by atoms with Gasteiger partial charge in [0.25, 0.3) is 5.91 Å². The van der Waals surface area contributed by atoms with Gasteiger partial charge < -0.3 is 4.74 Å². The number of thiazole rings is 1. The van der Waals surface area contributed by atoms with Crippen molar-refractivity contribution < 1.29 is 9.53 Å². The summed E-state index contributed by atoms with van der Waals surface area (Å²) in [4.78, 5) is 17.3. The molecule has 0 saturated heterocycles. The Kier molecular flexibility index (Phi) is 5.15. The number of carbonyl (C=O) groups excluding carboxylic acids is 1. The molecule has 4 nitrogen and oxygen atoms in total.